The Labute approximate surface area is 157 Å². The predicted molar refractivity (Wildman–Crippen MR) is 98.7 cm³/mol. The van der Waals surface area contributed by atoms with Gasteiger partial charge in [0, 0.05) is 15.7 Å². The van der Waals surface area contributed by atoms with Crippen molar-refractivity contribution in [3.05, 3.63) is 47.2 Å². The van der Waals surface area contributed by atoms with E-state index in [2.05, 4.69) is 27.9 Å². The SMILES string of the molecule is COC(=O)C1=C(CI)CS[C@@H]2[C@H](NC(=O)c3ccccc3)C(=O)N12. The molecule has 2 aliphatic heterocycles. The summed E-state index contributed by atoms with van der Waals surface area (Å²) in [6.45, 7) is 0. The van der Waals surface area contributed by atoms with Gasteiger partial charge in [-0.05, 0) is 17.7 Å². The van der Waals surface area contributed by atoms with Crippen LogP contribution in [0.15, 0.2) is 41.6 Å². The number of ether oxygens (including phenoxy) is 1. The van der Waals surface area contributed by atoms with E-state index in [1.54, 1.807) is 36.0 Å². The number of halogens is 1. The van der Waals surface area contributed by atoms with E-state index in [0.717, 1.165) is 5.57 Å². The Morgan fingerprint density at radius 2 is 2.08 bits per heavy atom. The summed E-state index contributed by atoms with van der Waals surface area (Å²) < 4.78 is 5.46. The number of hydrogen-bond donors (Lipinski definition) is 1. The summed E-state index contributed by atoms with van der Waals surface area (Å²) in [5.41, 5.74) is 1.71. The molecule has 6 nitrogen and oxygen atoms in total. The molecule has 126 valence electrons. The van der Waals surface area contributed by atoms with Crippen LogP contribution in [0.3, 0.4) is 0 Å². The molecule has 2 atom stereocenters. The van der Waals surface area contributed by atoms with Crippen molar-refractivity contribution in [3.63, 3.8) is 0 Å². The standard InChI is InChI=1S/C16H15IN2O4S/c1-23-16(22)12-10(7-17)8-24-15-11(14(21)19(12)15)18-13(20)9-5-3-2-4-6-9/h2-6,11,15H,7-8H2,1H3,(H,18,20)/t11-,15-/m1/s1. The average molecular weight is 458 g/mol. The summed E-state index contributed by atoms with van der Waals surface area (Å²) in [5, 5.41) is 2.49. The maximum Gasteiger partial charge on any atom is 0.354 e. The maximum atomic E-state index is 12.5. The highest BCUT2D eigenvalue weighted by Gasteiger charge is 2.54. The highest BCUT2D eigenvalue weighted by Crippen LogP contribution is 2.41. The number of carbonyl (C=O) groups is 3. The van der Waals surface area contributed by atoms with Gasteiger partial charge < -0.3 is 10.1 Å². The molecule has 0 radical (unpaired) electrons. The molecule has 0 bridgehead atoms. The highest BCUT2D eigenvalue weighted by molar-refractivity contribution is 14.1. The van der Waals surface area contributed by atoms with E-state index in [0.29, 0.717) is 21.4 Å². The Morgan fingerprint density at radius 1 is 1.38 bits per heavy atom. The molecule has 0 saturated carbocycles. The van der Waals surface area contributed by atoms with Crippen LogP contribution in [0.2, 0.25) is 0 Å². The normalized spacial score (nSPS) is 22.6. The van der Waals surface area contributed by atoms with Gasteiger partial charge in [-0.3, -0.25) is 14.5 Å². The molecule has 2 aliphatic rings. The molecule has 1 aromatic carbocycles. The van der Waals surface area contributed by atoms with Crippen LogP contribution in [0.25, 0.3) is 0 Å². The summed E-state index contributed by atoms with van der Waals surface area (Å²) >= 11 is 3.71. The molecule has 24 heavy (non-hydrogen) atoms. The first kappa shape index (κ1) is 17.3. The largest absolute Gasteiger partial charge is 0.464 e. The van der Waals surface area contributed by atoms with Gasteiger partial charge in [0.05, 0.1) is 7.11 Å². The number of thioether (sulfide) groups is 1. The van der Waals surface area contributed by atoms with Crippen molar-refractivity contribution in [2.45, 2.75) is 11.4 Å². The average Bonchev–Trinajstić information content (AvgIpc) is 2.64. The molecule has 2 heterocycles. The minimum atomic E-state index is -0.627. The number of β-lactam (4-membered cyclic amide) rings is 1. The maximum absolute atomic E-state index is 12.5. The lowest BCUT2D eigenvalue weighted by Gasteiger charge is -2.49. The molecule has 0 spiro atoms. The van der Waals surface area contributed by atoms with Crippen LogP contribution in [0.1, 0.15) is 10.4 Å². The van der Waals surface area contributed by atoms with Crippen LogP contribution >= 0.6 is 34.4 Å². The summed E-state index contributed by atoms with van der Waals surface area (Å²) in [6.07, 6.45) is 0. The first-order chi connectivity index (χ1) is 11.6. The summed E-state index contributed by atoms with van der Waals surface area (Å²) in [5.74, 6) is -0.440. The number of nitrogens with one attached hydrogen (secondary N) is 1. The van der Waals surface area contributed by atoms with E-state index in [9.17, 15) is 14.4 Å². The number of hydrogen-bond acceptors (Lipinski definition) is 5. The van der Waals surface area contributed by atoms with E-state index >= 15 is 0 Å². The van der Waals surface area contributed by atoms with Crippen molar-refractivity contribution in [1.29, 1.82) is 0 Å². The zero-order valence-electron chi connectivity index (χ0n) is 12.8. The highest BCUT2D eigenvalue weighted by atomic mass is 127. The van der Waals surface area contributed by atoms with Gasteiger partial charge in [-0.15, -0.1) is 11.8 Å². The van der Waals surface area contributed by atoms with Crippen molar-refractivity contribution < 1.29 is 19.1 Å². The van der Waals surface area contributed by atoms with E-state index in [-0.39, 0.29) is 17.2 Å². The molecule has 8 heteroatoms. The van der Waals surface area contributed by atoms with E-state index in [1.165, 1.54) is 12.0 Å². The molecule has 1 aromatic rings. The number of alkyl halides is 1. The van der Waals surface area contributed by atoms with E-state index < -0.39 is 12.0 Å². The first-order valence-corrected chi connectivity index (χ1v) is 9.82. The van der Waals surface area contributed by atoms with Crippen LogP contribution in [-0.2, 0) is 14.3 Å². The molecule has 2 amide bonds. The molecule has 1 fully saturated rings. The molecule has 3 rings (SSSR count). The third-order valence-electron chi connectivity index (χ3n) is 3.91. The van der Waals surface area contributed by atoms with E-state index in [4.69, 9.17) is 4.74 Å². The lowest BCUT2D eigenvalue weighted by atomic mass is 10.0. The number of carbonyl (C=O) groups excluding carboxylic acids is 3. The van der Waals surface area contributed by atoms with Crippen LogP contribution < -0.4 is 5.32 Å². The fourth-order valence-electron chi connectivity index (χ4n) is 2.69. The molecule has 1 saturated heterocycles. The Bertz CT molecular complexity index is 722. The van der Waals surface area contributed by atoms with Crippen LogP contribution in [0.4, 0.5) is 0 Å². The molecule has 1 N–H and O–H groups in total. The van der Waals surface area contributed by atoms with Crippen LogP contribution in [0.5, 0.6) is 0 Å². The van der Waals surface area contributed by atoms with Gasteiger partial charge in [-0.25, -0.2) is 4.79 Å². The molecule has 0 aliphatic carbocycles. The zero-order chi connectivity index (χ0) is 17.3. The van der Waals surface area contributed by atoms with Gasteiger partial charge in [0.1, 0.15) is 17.1 Å². The fraction of sp³-hybridized carbons (Fsp3) is 0.312. The monoisotopic (exact) mass is 458 g/mol. The van der Waals surface area contributed by atoms with Crippen molar-refractivity contribution >= 4 is 52.1 Å². The Morgan fingerprint density at radius 3 is 2.71 bits per heavy atom. The second-order valence-electron chi connectivity index (χ2n) is 5.30. The number of fused-ring (bicyclic) bond motifs is 1. The topological polar surface area (TPSA) is 75.7 Å². The number of rotatable bonds is 4. The minimum absolute atomic E-state index is 0.272. The van der Waals surface area contributed by atoms with Gasteiger partial charge in [-0.1, -0.05) is 40.8 Å². The van der Waals surface area contributed by atoms with Crippen molar-refractivity contribution in [3.8, 4) is 0 Å². The van der Waals surface area contributed by atoms with E-state index in [1.807, 2.05) is 6.07 Å². The van der Waals surface area contributed by atoms with Gasteiger partial charge >= 0.3 is 5.97 Å². The number of methoxy groups -OCH3 is 1. The summed E-state index contributed by atoms with van der Waals surface area (Å²) in [4.78, 5) is 38.3. The summed E-state index contributed by atoms with van der Waals surface area (Å²) in [7, 11) is 1.30. The Kier molecular flexibility index (Phi) is 5.14. The zero-order valence-corrected chi connectivity index (χ0v) is 15.8. The molecular formula is C16H15IN2O4S. The lowest BCUT2D eigenvalue weighted by Crippen LogP contribution is -2.70. The molecular weight excluding hydrogens is 443 g/mol. The van der Waals surface area contributed by atoms with Crippen molar-refractivity contribution in [2.75, 3.05) is 17.3 Å². The minimum Gasteiger partial charge on any atom is -0.464 e. The quantitative estimate of drug-likeness (QED) is 0.321. The number of nitrogens with zero attached hydrogens (tertiary/aromatic N) is 1. The first-order valence-electron chi connectivity index (χ1n) is 7.25. The predicted octanol–water partition coefficient (Wildman–Crippen LogP) is 1.56. The van der Waals surface area contributed by atoms with Gasteiger partial charge in [0.15, 0.2) is 0 Å². The Hall–Kier alpha value is -1.55. The lowest BCUT2D eigenvalue weighted by molar-refractivity contribution is -0.150. The van der Waals surface area contributed by atoms with Crippen LogP contribution in [-0.4, -0.2) is 51.4 Å². The van der Waals surface area contributed by atoms with Crippen molar-refractivity contribution in [1.82, 2.24) is 10.2 Å². The Balaban J connectivity index is 1.78. The van der Waals surface area contributed by atoms with Crippen molar-refractivity contribution in [2.24, 2.45) is 0 Å². The smallest absolute Gasteiger partial charge is 0.354 e. The number of benzene rings is 1. The molecule has 0 aromatic heterocycles. The fourth-order valence-corrected chi connectivity index (χ4v) is 5.03. The van der Waals surface area contributed by atoms with Gasteiger partial charge in [0.2, 0.25) is 0 Å². The number of amides is 2. The van der Waals surface area contributed by atoms with Crippen LogP contribution in [0, 0.1) is 0 Å². The van der Waals surface area contributed by atoms with Gasteiger partial charge in [0.25, 0.3) is 11.8 Å². The van der Waals surface area contributed by atoms with Gasteiger partial charge in [-0.2, -0.15) is 0 Å². The second-order valence-corrected chi connectivity index (χ2v) is 7.17. The summed E-state index contributed by atoms with van der Waals surface area (Å²) in [6, 6.07) is 8.12. The number of esters is 1. The third kappa shape index (κ3) is 2.92. The third-order valence-corrected chi connectivity index (χ3v) is 6.17. The molecule has 0 unspecified atom stereocenters. The second kappa shape index (κ2) is 7.14.